The van der Waals surface area contributed by atoms with Gasteiger partial charge in [0.15, 0.2) is 23.0 Å². The Morgan fingerprint density at radius 2 is 1.87 bits per heavy atom. The number of hydrogen-bond donors (Lipinski definition) is 1. The number of ketones is 1. The molecular weight excluding hydrogens is 402 g/mol. The first-order chi connectivity index (χ1) is 15.0. The molecule has 1 aliphatic rings. The van der Waals surface area contributed by atoms with Crippen LogP contribution in [0.5, 0.6) is 17.2 Å². The fraction of sp³-hybridized carbons (Fsp3) is 0.273. The van der Waals surface area contributed by atoms with Gasteiger partial charge in [-0.15, -0.1) is 0 Å². The average molecular weight is 423 g/mol. The van der Waals surface area contributed by atoms with Crippen molar-refractivity contribution in [2.45, 2.75) is 18.8 Å². The predicted molar refractivity (Wildman–Crippen MR) is 110 cm³/mol. The van der Waals surface area contributed by atoms with Crippen LogP contribution in [0.2, 0.25) is 0 Å². The lowest BCUT2D eigenvalue weighted by Crippen LogP contribution is -2.22. The van der Waals surface area contributed by atoms with E-state index in [9.17, 15) is 9.59 Å². The minimum Gasteiger partial charge on any atom is -0.493 e. The Balaban J connectivity index is 1.63. The second-order valence-corrected chi connectivity index (χ2v) is 6.97. The van der Waals surface area contributed by atoms with Gasteiger partial charge < -0.3 is 18.6 Å². The molecule has 2 heterocycles. The van der Waals surface area contributed by atoms with Gasteiger partial charge in [0.1, 0.15) is 0 Å². The number of nitrogens with zero attached hydrogens (tertiary/aromatic N) is 2. The van der Waals surface area contributed by atoms with Gasteiger partial charge in [-0.3, -0.25) is 14.9 Å². The van der Waals surface area contributed by atoms with Crippen LogP contribution in [0.1, 0.15) is 44.5 Å². The van der Waals surface area contributed by atoms with E-state index in [1.165, 1.54) is 25.6 Å². The highest BCUT2D eigenvalue weighted by Crippen LogP contribution is 2.42. The number of aromatic nitrogens is 2. The van der Waals surface area contributed by atoms with Gasteiger partial charge in [-0.2, -0.15) is 0 Å². The molecule has 1 aliphatic carbocycles. The largest absolute Gasteiger partial charge is 0.493 e. The summed E-state index contributed by atoms with van der Waals surface area (Å²) in [7, 11) is 4.63. The first-order valence-electron chi connectivity index (χ1n) is 9.58. The van der Waals surface area contributed by atoms with Crippen molar-refractivity contribution in [2.24, 2.45) is 0 Å². The number of hydrogen-bond acceptors (Lipinski definition) is 8. The third kappa shape index (κ3) is 3.94. The van der Waals surface area contributed by atoms with Crippen molar-refractivity contribution in [2.75, 3.05) is 26.6 Å². The summed E-state index contributed by atoms with van der Waals surface area (Å²) in [6, 6.07) is 6.83. The Morgan fingerprint density at radius 1 is 1.13 bits per heavy atom. The number of furan rings is 1. The van der Waals surface area contributed by atoms with Crippen LogP contribution in [0.15, 0.2) is 41.1 Å². The lowest BCUT2D eigenvalue weighted by atomic mass is 9.82. The maximum atomic E-state index is 12.8. The minimum absolute atomic E-state index is 0.0658. The lowest BCUT2D eigenvalue weighted by Gasteiger charge is -2.24. The molecule has 9 nitrogen and oxygen atoms in total. The van der Waals surface area contributed by atoms with E-state index in [4.69, 9.17) is 18.6 Å². The monoisotopic (exact) mass is 423 g/mol. The summed E-state index contributed by atoms with van der Waals surface area (Å²) in [5.74, 6) is 1.11. The Hall–Kier alpha value is -3.88. The van der Waals surface area contributed by atoms with Crippen LogP contribution in [-0.2, 0) is 6.42 Å². The number of methoxy groups -OCH3 is 3. The number of Topliss-reactive ketones (excluding diaryl/α,β-unsaturated/α-hetero) is 1. The molecular formula is C22H21N3O6. The second-order valence-electron chi connectivity index (χ2n) is 6.97. The van der Waals surface area contributed by atoms with Gasteiger partial charge in [0.25, 0.3) is 5.91 Å². The zero-order chi connectivity index (χ0) is 22.0. The fourth-order valence-electron chi connectivity index (χ4n) is 3.65. The Morgan fingerprint density at radius 3 is 2.48 bits per heavy atom. The maximum absolute atomic E-state index is 12.8. The van der Waals surface area contributed by atoms with Crippen molar-refractivity contribution < 1.29 is 28.2 Å². The molecule has 1 N–H and O–H groups in total. The van der Waals surface area contributed by atoms with E-state index in [1.54, 1.807) is 20.3 Å². The predicted octanol–water partition coefficient (Wildman–Crippen LogP) is 3.26. The summed E-state index contributed by atoms with van der Waals surface area (Å²) in [6.45, 7) is 0. The molecule has 4 rings (SSSR count). The van der Waals surface area contributed by atoms with Crippen molar-refractivity contribution in [1.29, 1.82) is 0 Å². The van der Waals surface area contributed by atoms with Crippen molar-refractivity contribution in [1.82, 2.24) is 9.97 Å². The van der Waals surface area contributed by atoms with Crippen LogP contribution >= 0.6 is 0 Å². The third-order valence-electron chi connectivity index (χ3n) is 5.17. The summed E-state index contributed by atoms with van der Waals surface area (Å²) in [6.07, 6.45) is 3.65. The van der Waals surface area contributed by atoms with Crippen LogP contribution in [-0.4, -0.2) is 43.0 Å². The van der Waals surface area contributed by atoms with Gasteiger partial charge in [-0.05, 0) is 42.2 Å². The maximum Gasteiger partial charge on any atom is 0.293 e. The van der Waals surface area contributed by atoms with Crippen LogP contribution in [0.4, 0.5) is 5.95 Å². The molecule has 0 radical (unpaired) electrons. The Bertz CT molecular complexity index is 1100. The van der Waals surface area contributed by atoms with Gasteiger partial charge in [0.2, 0.25) is 11.7 Å². The molecule has 1 aromatic carbocycles. The molecule has 2 aromatic heterocycles. The first kappa shape index (κ1) is 20.4. The number of rotatable bonds is 6. The molecule has 0 aliphatic heterocycles. The number of nitrogens with one attached hydrogen (secondary N) is 1. The highest BCUT2D eigenvalue weighted by atomic mass is 16.5. The van der Waals surface area contributed by atoms with E-state index in [0.29, 0.717) is 41.3 Å². The van der Waals surface area contributed by atoms with Gasteiger partial charge in [-0.25, -0.2) is 9.97 Å². The van der Waals surface area contributed by atoms with E-state index in [0.717, 1.165) is 5.56 Å². The molecule has 0 saturated heterocycles. The second kappa shape index (κ2) is 8.47. The number of fused-ring (bicyclic) bond motifs is 1. The van der Waals surface area contributed by atoms with E-state index < -0.39 is 5.91 Å². The minimum atomic E-state index is -0.465. The molecule has 0 spiro atoms. The molecule has 0 fully saturated rings. The first-order valence-corrected chi connectivity index (χ1v) is 9.58. The number of carbonyl (C=O) groups excluding carboxylic acids is 2. The van der Waals surface area contributed by atoms with E-state index >= 15 is 0 Å². The van der Waals surface area contributed by atoms with Crippen LogP contribution < -0.4 is 19.5 Å². The number of ether oxygens (including phenoxy) is 3. The molecule has 0 bridgehead atoms. The molecule has 0 unspecified atom stereocenters. The normalized spacial score (nSPS) is 15.2. The average Bonchev–Trinajstić information content (AvgIpc) is 3.33. The van der Waals surface area contributed by atoms with E-state index in [1.807, 2.05) is 12.1 Å². The zero-order valence-corrected chi connectivity index (χ0v) is 17.3. The Kier molecular flexibility index (Phi) is 5.57. The molecule has 1 atom stereocenters. The highest BCUT2D eigenvalue weighted by Gasteiger charge is 2.30. The molecule has 160 valence electrons. The fourth-order valence-corrected chi connectivity index (χ4v) is 3.65. The molecule has 1 amide bonds. The van der Waals surface area contributed by atoms with Crippen molar-refractivity contribution in [3.05, 3.63) is 59.3 Å². The third-order valence-corrected chi connectivity index (χ3v) is 5.17. The van der Waals surface area contributed by atoms with Crippen LogP contribution in [0, 0.1) is 0 Å². The molecule has 3 aromatic rings. The smallest absolute Gasteiger partial charge is 0.293 e. The van der Waals surface area contributed by atoms with E-state index in [-0.39, 0.29) is 23.4 Å². The summed E-state index contributed by atoms with van der Waals surface area (Å²) in [5, 5.41) is 2.59. The standard InChI is InChI=1S/C22H21N3O6/c1-28-18-9-13(10-19(29-2)20(18)30-3)12-7-15-14(16(26)8-12)11-23-22(24-15)25-21(27)17-5-4-6-31-17/h4-6,9-12H,7-8H2,1-3H3,(H,23,24,25,27)/t12-/m0/s1. The van der Waals surface area contributed by atoms with Crippen molar-refractivity contribution >= 4 is 17.6 Å². The van der Waals surface area contributed by atoms with Gasteiger partial charge in [0.05, 0.1) is 38.8 Å². The quantitative estimate of drug-likeness (QED) is 0.643. The lowest BCUT2D eigenvalue weighted by molar-refractivity contribution is 0.0962. The topological polar surface area (TPSA) is 113 Å². The molecule has 9 heteroatoms. The number of anilines is 1. The van der Waals surface area contributed by atoms with Gasteiger partial charge in [-0.1, -0.05) is 0 Å². The molecule has 31 heavy (non-hydrogen) atoms. The van der Waals surface area contributed by atoms with Crippen molar-refractivity contribution in [3.8, 4) is 17.2 Å². The number of amides is 1. The summed E-state index contributed by atoms with van der Waals surface area (Å²) in [4.78, 5) is 33.5. The van der Waals surface area contributed by atoms with Gasteiger partial charge >= 0.3 is 0 Å². The van der Waals surface area contributed by atoms with Crippen molar-refractivity contribution in [3.63, 3.8) is 0 Å². The van der Waals surface area contributed by atoms with Gasteiger partial charge in [0, 0.05) is 12.6 Å². The molecule has 0 saturated carbocycles. The summed E-state index contributed by atoms with van der Waals surface area (Å²) < 4.78 is 21.3. The van der Waals surface area contributed by atoms with Crippen LogP contribution in [0.3, 0.4) is 0 Å². The zero-order valence-electron chi connectivity index (χ0n) is 17.3. The Labute approximate surface area is 178 Å². The van der Waals surface area contributed by atoms with Crippen LogP contribution in [0.25, 0.3) is 0 Å². The number of benzene rings is 1. The highest BCUT2D eigenvalue weighted by molar-refractivity contribution is 6.02. The summed E-state index contributed by atoms with van der Waals surface area (Å²) in [5.41, 5.74) is 1.90. The number of carbonyl (C=O) groups is 2. The van der Waals surface area contributed by atoms with E-state index in [2.05, 4.69) is 15.3 Å². The SMILES string of the molecule is COc1cc([C@@H]2CC(=O)c3cnc(NC(=O)c4ccco4)nc3C2)cc(OC)c1OC. The summed E-state index contributed by atoms with van der Waals surface area (Å²) >= 11 is 0.